The van der Waals surface area contributed by atoms with Crippen LogP contribution in [-0.2, 0) is 0 Å². The summed E-state index contributed by atoms with van der Waals surface area (Å²) in [5.41, 5.74) is 6.37. The lowest BCUT2D eigenvalue weighted by Crippen LogP contribution is -2.48. The summed E-state index contributed by atoms with van der Waals surface area (Å²) < 4.78 is 5.56. The fourth-order valence-corrected chi connectivity index (χ4v) is 2.00. The number of nitrogens with two attached hydrogens (primary N) is 1. The van der Waals surface area contributed by atoms with Gasteiger partial charge in [-0.25, -0.2) is 0 Å². The van der Waals surface area contributed by atoms with Crippen molar-refractivity contribution in [3.63, 3.8) is 0 Å². The van der Waals surface area contributed by atoms with Gasteiger partial charge in [-0.15, -0.1) is 0 Å². The van der Waals surface area contributed by atoms with Gasteiger partial charge in [-0.3, -0.25) is 4.90 Å². The minimum absolute atomic E-state index is 0.0944. The Kier molecular flexibility index (Phi) is 4.78. The molecule has 2 atom stereocenters. The topological polar surface area (TPSA) is 42.4 Å². The molecule has 1 heterocycles. The van der Waals surface area contributed by atoms with Gasteiger partial charge in [-0.05, 0) is 45.9 Å². The van der Waals surface area contributed by atoms with Crippen molar-refractivity contribution in [2.75, 3.05) is 7.05 Å². The third kappa shape index (κ3) is 3.11. The molecule has 2 unspecified atom stereocenters. The highest BCUT2D eigenvalue weighted by Crippen LogP contribution is 2.31. The summed E-state index contributed by atoms with van der Waals surface area (Å²) in [7, 11) is 2.13. The van der Waals surface area contributed by atoms with E-state index in [2.05, 4.69) is 39.6 Å². The molecule has 1 aromatic heterocycles. The summed E-state index contributed by atoms with van der Waals surface area (Å²) in [6.45, 7) is 8.80. The lowest BCUT2D eigenvalue weighted by atomic mass is 9.93. The second-order valence-electron chi connectivity index (χ2n) is 5.31. The van der Waals surface area contributed by atoms with Crippen LogP contribution in [0.15, 0.2) is 22.8 Å². The molecule has 98 valence electrons. The predicted molar refractivity (Wildman–Crippen MR) is 71.8 cm³/mol. The molecule has 3 nitrogen and oxygen atoms in total. The molecule has 0 radical (unpaired) electrons. The van der Waals surface area contributed by atoms with Gasteiger partial charge in [0.05, 0.1) is 12.3 Å². The van der Waals surface area contributed by atoms with Crippen LogP contribution < -0.4 is 5.73 Å². The second-order valence-corrected chi connectivity index (χ2v) is 5.31. The molecule has 0 fully saturated rings. The molecule has 0 aliphatic heterocycles. The molecule has 0 aliphatic carbocycles. The normalized spacial score (nSPS) is 16.2. The van der Waals surface area contributed by atoms with Crippen molar-refractivity contribution in [2.45, 2.75) is 58.2 Å². The van der Waals surface area contributed by atoms with E-state index in [4.69, 9.17) is 10.2 Å². The Labute approximate surface area is 105 Å². The van der Waals surface area contributed by atoms with Gasteiger partial charge in [0, 0.05) is 11.6 Å². The molecule has 0 spiro atoms. The standard InChI is InChI=1S/C14H26N2O/c1-6-11(15)13(12-9-8-10-17-12)16(5)14(3,4)7-2/h8-11,13H,6-7,15H2,1-5H3. The average molecular weight is 238 g/mol. The third-order valence-electron chi connectivity index (χ3n) is 3.95. The first-order valence-corrected chi connectivity index (χ1v) is 6.46. The Morgan fingerprint density at radius 2 is 2.06 bits per heavy atom. The van der Waals surface area contributed by atoms with Gasteiger partial charge in [-0.2, -0.15) is 0 Å². The fourth-order valence-electron chi connectivity index (χ4n) is 2.00. The molecule has 0 amide bonds. The van der Waals surface area contributed by atoms with Crippen molar-refractivity contribution in [3.05, 3.63) is 24.2 Å². The van der Waals surface area contributed by atoms with Crippen LogP contribution in [0.3, 0.4) is 0 Å². The summed E-state index contributed by atoms with van der Waals surface area (Å²) >= 11 is 0. The van der Waals surface area contributed by atoms with Crippen molar-refractivity contribution in [1.82, 2.24) is 4.90 Å². The molecular weight excluding hydrogens is 212 g/mol. The number of hydrogen-bond acceptors (Lipinski definition) is 3. The zero-order chi connectivity index (χ0) is 13.1. The second kappa shape index (κ2) is 5.69. The molecule has 3 heteroatoms. The first kappa shape index (κ1) is 14.3. The molecule has 1 rings (SSSR count). The molecule has 0 aromatic carbocycles. The maximum Gasteiger partial charge on any atom is 0.122 e. The molecule has 1 aromatic rings. The Balaban J connectivity index is 2.99. The Hall–Kier alpha value is -0.800. The van der Waals surface area contributed by atoms with Crippen molar-refractivity contribution < 1.29 is 4.42 Å². The van der Waals surface area contributed by atoms with E-state index in [9.17, 15) is 0 Å². The fraction of sp³-hybridized carbons (Fsp3) is 0.714. The molecule has 0 saturated carbocycles. The number of rotatable bonds is 6. The predicted octanol–water partition coefficient (Wildman–Crippen LogP) is 3.18. The van der Waals surface area contributed by atoms with Crippen LogP contribution in [0.4, 0.5) is 0 Å². The van der Waals surface area contributed by atoms with Crippen LogP contribution in [0.25, 0.3) is 0 Å². The maximum atomic E-state index is 6.26. The molecule has 17 heavy (non-hydrogen) atoms. The minimum Gasteiger partial charge on any atom is -0.468 e. The van der Waals surface area contributed by atoms with Crippen LogP contribution >= 0.6 is 0 Å². The highest BCUT2D eigenvalue weighted by Gasteiger charge is 2.33. The smallest absolute Gasteiger partial charge is 0.122 e. The van der Waals surface area contributed by atoms with E-state index in [1.807, 2.05) is 12.1 Å². The highest BCUT2D eigenvalue weighted by molar-refractivity contribution is 5.09. The number of hydrogen-bond donors (Lipinski definition) is 1. The maximum absolute atomic E-state index is 6.26. The summed E-state index contributed by atoms with van der Waals surface area (Å²) in [4.78, 5) is 2.33. The number of nitrogens with zero attached hydrogens (tertiary/aromatic N) is 1. The first-order chi connectivity index (χ1) is 7.94. The van der Waals surface area contributed by atoms with Crippen molar-refractivity contribution in [2.24, 2.45) is 5.73 Å². The minimum atomic E-state index is 0.0944. The largest absolute Gasteiger partial charge is 0.468 e. The van der Waals surface area contributed by atoms with E-state index in [-0.39, 0.29) is 17.6 Å². The van der Waals surface area contributed by atoms with E-state index >= 15 is 0 Å². The third-order valence-corrected chi connectivity index (χ3v) is 3.95. The van der Waals surface area contributed by atoms with Crippen molar-refractivity contribution >= 4 is 0 Å². The summed E-state index contributed by atoms with van der Waals surface area (Å²) in [6, 6.07) is 4.18. The molecular formula is C14H26N2O. The van der Waals surface area contributed by atoms with Gasteiger partial charge in [0.2, 0.25) is 0 Å². The SMILES string of the molecule is CCC(N)C(c1ccco1)N(C)C(C)(C)CC. The summed E-state index contributed by atoms with van der Waals surface area (Å²) in [5, 5.41) is 0. The summed E-state index contributed by atoms with van der Waals surface area (Å²) in [6.07, 6.45) is 3.74. The average Bonchev–Trinajstić information content (AvgIpc) is 2.82. The van der Waals surface area contributed by atoms with Gasteiger partial charge in [0.1, 0.15) is 5.76 Å². The Bertz CT molecular complexity index is 319. The van der Waals surface area contributed by atoms with Crippen LogP contribution in [0.1, 0.15) is 52.3 Å². The van der Waals surface area contributed by atoms with Crippen LogP contribution in [-0.4, -0.2) is 23.5 Å². The van der Waals surface area contributed by atoms with E-state index in [1.165, 1.54) is 0 Å². The van der Waals surface area contributed by atoms with Crippen molar-refractivity contribution in [1.29, 1.82) is 0 Å². The van der Waals surface area contributed by atoms with E-state index in [0.717, 1.165) is 18.6 Å². The zero-order valence-corrected chi connectivity index (χ0v) is 11.7. The molecule has 0 bridgehead atoms. The van der Waals surface area contributed by atoms with Gasteiger partial charge >= 0.3 is 0 Å². The quantitative estimate of drug-likeness (QED) is 0.827. The van der Waals surface area contributed by atoms with Crippen LogP contribution in [0.5, 0.6) is 0 Å². The Morgan fingerprint density at radius 3 is 2.47 bits per heavy atom. The lowest BCUT2D eigenvalue weighted by Gasteiger charge is -2.42. The van der Waals surface area contributed by atoms with E-state index < -0.39 is 0 Å². The van der Waals surface area contributed by atoms with Crippen molar-refractivity contribution in [3.8, 4) is 0 Å². The number of likely N-dealkylation sites (N-methyl/N-ethyl adjacent to an activating group) is 1. The van der Waals surface area contributed by atoms with Crippen LogP contribution in [0, 0.1) is 0 Å². The van der Waals surface area contributed by atoms with Crippen LogP contribution in [0.2, 0.25) is 0 Å². The number of furan rings is 1. The van der Waals surface area contributed by atoms with E-state index in [0.29, 0.717) is 0 Å². The molecule has 2 N–H and O–H groups in total. The van der Waals surface area contributed by atoms with Gasteiger partial charge in [0.15, 0.2) is 0 Å². The molecule has 0 saturated heterocycles. The first-order valence-electron chi connectivity index (χ1n) is 6.46. The summed E-state index contributed by atoms with van der Waals surface area (Å²) in [5.74, 6) is 0.961. The zero-order valence-electron chi connectivity index (χ0n) is 11.7. The lowest BCUT2D eigenvalue weighted by molar-refractivity contribution is 0.0682. The molecule has 0 aliphatic rings. The van der Waals surface area contributed by atoms with E-state index in [1.54, 1.807) is 6.26 Å². The highest BCUT2D eigenvalue weighted by atomic mass is 16.3. The van der Waals surface area contributed by atoms with Gasteiger partial charge < -0.3 is 10.2 Å². The Morgan fingerprint density at radius 1 is 1.41 bits per heavy atom. The monoisotopic (exact) mass is 238 g/mol. The van der Waals surface area contributed by atoms with Gasteiger partial charge in [-0.1, -0.05) is 13.8 Å². The van der Waals surface area contributed by atoms with Gasteiger partial charge in [0.25, 0.3) is 0 Å².